The second kappa shape index (κ2) is 5.89. The van der Waals surface area contributed by atoms with Crippen molar-refractivity contribution in [1.29, 1.82) is 0 Å². The number of amides is 3. The van der Waals surface area contributed by atoms with E-state index >= 15 is 0 Å². The van der Waals surface area contributed by atoms with Gasteiger partial charge in [-0.15, -0.1) is 0 Å². The summed E-state index contributed by atoms with van der Waals surface area (Å²) in [7, 11) is 1.41. The van der Waals surface area contributed by atoms with Gasteiger partial charge in [-0.2, -0.15) is 13.2 Å². The topological polar surface area (TPSA) is 73.5 Å². The molecule has 0 aromatic carbocycles. The second-order valence-corrected chi connectivity index (χ2v) is 3.80. The van der Waals surface area contributed by atoms with Crippen molar-refractivity contribution in [3.05, 3.63) is 0 Å². The summed E-state index contributed by atoms with van der Waals surface area (Å²) in [5, 5.41) is 7.03. The van der Waals surface area contributed by atoms with Crippen molar-refractivity contribution in [2.24, 2.45) is 0 Å². The summed E-state index contributed by atoms with van der Waals surface area (Å²) >= 11 is 0. The summed E-state index contributed by atoms with van der Waals surface area (Å²) in [6, 6.07) is -1.68. The van der Waals surface area contributed by atoms with E-state index in [2.05, 4.69) is 10.6 Å². The number of hydrogen-bond acceptors (Lipinski definition) is 3. The molecule has 1 saturated heterocycles. The molecule has 0 aromatic rings. The standard InChI is InChI=1S/C9H15F3N4O2/c1-13-7(17)6-4-14-2-3-16(6)8(18)15-5-9(10,11)12/h6,14H,2-5H2,1H3,(H,13,17)(H,15,18). The Morgan fingerprint density at radius 3 is 2.67 bits per heavy atom. The molecule has 0 radical (unpaired) electrons. The highest BCUT2D eigenvalue weighted by Gasteiger charge is 2.34. The minimum absolute atomic E-state index is 0.182. The van der Waals surface area contributed by atoms with E-state index in [1.165, 1.54) is 7.05 Å². The van der Waals surface area contributed by atoms with Gasteiger partial charge in [-0.05, 0) is 0 Å². The first-order chi connectivity index (χ1) is 8.35. The lowest BCUT2D eigenvalue weighted by Gasteiger charge is -2.34. The first kappa shape index (κ1) is 14.6. The average Bonchev–Trinajstić information content (AvgIpc) is 2.34. The number of rotatable bonds is 2. The molecule has 0 spiro atoms. The van der Waals surface area contributed by atoms with Crippen LogP contribution < -0.4 is 16.0 Å². The van der Waals surface area contributed by atoms with E-state index in [1.807, 2.05) is 0 Å². The molecule has 3 N–H and O–H groups in total. The molecular formula is C9H15F3N4O2. The quantitative estimate of drug-likeness (QED) is 0.618. The summed E-state index contributed by atoms with van der Waals surface area (Å²) in [5.74, 6) is -0.413. The van der Waals surface area contributed by atoms with Gasteiger partial charge < -0.3 is 20.9 Å². The fourth-order valence-corrected chi connectivity index (χ4v) is 1.63. The summed E-state index contributed by atoms with van der Waals surface area (Å²) in [5.41, 5.74) is 0. The maximum absolute atomic E-state index is 12.0. The first-order valence-electron chi connectivity index (χ1n) is 5.38. The zero-order chi connectivity index (χ0) is 13.8. The largest absolute Gasteiger partial charge is 0.405 e. The molecule has 1 rings (SSSR count). The Hall–Kier alpha value is -1.51. The molecule has 9 heteroatoms. The second-order valence-electron chi connectivity index (χ2n) is 3.80. The van der Waals surface area contributed by atoms with E-state index in [0.717, 1.165) is 4.90 Å². The lowest BCUT2D eigenvalue weighted by atomic mass is 10.2. The van der Waals surface area contributed by atoms with Crippen molar-refractivity contribution in [1.82, 2.24) is 20.9 Å². The summed E-state index contributed by atoms with van der Waals surface area (Å²) in [6.07, 6.45) is -4.47. The van der Waals surface area contributed by atoms with E-state index in [1.54, 1.807) is 5.32 Å². The number of piperazine rings is 1. The molecule has 0 bridgehead atoms. The fraction of sp³-hybridized carbons (Fsp3) is 0.778. The molecule has 104 valence electrons. The molecule has 1 atom stereocenters. The number of halogens is 3. The van der Waals surface area contributed by atoms with Crippen molar-refractivity contribution in [2.45, 2.75) is 12.2 Å². The molecule has 3 amide bonds. The third-order valence-electron chi connectivity index (χ3n) is 2.49. The molecule has 6 nitrogen and oxygen atoms in total. The molecular weight excluding hydrogens is 253 g/mol. The predicted octanol–water partition coefficient (Wildman–Crippen LogP) is -0.722. The molecule has 18 heavy (non-hydrogen) atoms. The number of likely N-dealkylation sites (N-methyl/N-ethyl adjacent to an activating group) is 1. The van der Waals surface area contributed by atoms with Gasteiger partial charge >= 0.3 is 12.2 Å². The molecule has 1 fully saturated rings. The Balaban J connectivity index is 2.60. The van der Waals surface area contributed by atoms with E-state index in [9.17, 15) is 22.8 Å². The van der Waals surface area contributed by atoms with Crippen molar-refractivity contribution in [3.63, 3.8) is 0 Å². The molecule has 0 aromatic heterocycles. The van der Waals surface area contributed by atoms with E-state index in [4.69, 9.17) is 0 Å². The van der Waals surface area contributed by atoms with Gasteiger partial charge in [0.05, 0.1) is 0 Å². The van der Waals surface area contributed by atoms with Crippen molar-refractivity contribution >= 4 is 11.9 Å². The van der Waals surface area contributed by atoms with E-state index in [0.29, 0.717) is 6.54 Å². The Morgan fingerprint density at radius 1 is 1.44 bits per heavy atom. The van der Waals surface area contributed by atoms with Crippen LogP contribution in [0.25, 0.3) is 0 Å². The Bertz CT molecular complexity index is 321. The van der Waals surface area contributed by atoms with Gasteiger partial charge in [0.1, 0.15) is 12.6 Å². The zero-order valence-electron chi connectivity index (χ0n) is 9.80. The monoisotopic (exact) mass is 268 g/mol. The van der Waals surface area contributed by atoms with E-state index < -0.39 is 30.7 Å². The van der Waals surface area contributed by atoms with Crippen LogP contribution in [0, 0.1) is 0 Å². The summed E-state index contributed by atoms with van der Waals surface area (Å²) in [4.78, 5) is 24.2. The van der Waals surface area contributed by atoms with Gasteiger partial charge in [-0.25, -0.2) is 4.79 Å². The highest BCUT2D eigenvalue weighted by molar-refractivity contribution is 5.87. The normalized spacial score (nSPS) is 20.4. The number of alkyl halides is 3. The predicted molar refractivity (Wildman–Crippen MR) is 56.9 cm³/mol. The van der Waals surface area contributed by atoms with Crippen LogP contribution in [-0.4, -0.2) is 62.3 Å². The van der Waals surface area contributed by atoms with Crippen LogP contribution in [0.2, 0.25) is 0 Å². The van der Waals surface area contributed by atoms with Gasteiger partial charge in [-0.3, -0.25) is 4.79 Å². The third kappa shape index (κ3) is 4.06. The fourth-order valence-electron chi connectivity index (χ4n) is 1.63. The Morgan fingerprint density at radius 2 is 2.11 bits per heavy atom. The lowest BCUT2D eigenvalue weighted by Crippen LogP contribution is -2.61. The number of nitrogens with one attached hydrogen (secondary N) is 3. The van der Waals surface area contributed by atoms with Crippen molar-refractivity contribution in [3.8, 4) is 0 Å². The smallest absolute Gasteiger partial charge is 0.357 e. The maximum Gasteiger partial charge on any atom is 0.405 e. The highest BCUT2D eigenvalue weighted by atomic mass is 19.4. The van der Waals surface area contributed by atoms with Crippen LogP contribution in [-0.2, 0) is 4.79 Å². The minimum Gasteiger partial charge on any atom is -0.357 e. The van der Waals surface area contributed by atoms with Crippen LogP contribution in [0.5, 0.6) is 0 Å². The van der Waals surface area contributed by atoms with Crippen molar-refractivity contribution in [2.75, 3.05) is 33.2 Å². The molecule has 1 unspecified atom stereocenters. The van der Waals surface area contributed by atoms with Gasteiger partial charge in [0.2, 0.25) is 5.91 Å². The molecule has 1 heterocycles. The number of carbonyl (C=O) groups excluding carboxylic acids is 2. The molecule has 0 saturated carbocycles. The van der Waals surface area contributed by atoms with E-state index in [-0.39, 0.29) is 13.1 Å². The van der Waals surface area contributed by atoms with Gasteiger partial charge in [-0.1, -0.05) is 0 Å². The first-order valence-corrected chi connectivity index (χ1v) is 5.38. The van der Waals surface area contributed by atoms with Crippen LogP contribution >= 0.6 is 0 Å². The minimum atomic E-state index is -4.47. The molecule has 1 aliphatic heterocycles. The van der Waals surface area contributed by atoms with Gasteiger partial charge in [0.25, 0.3) is 0 Å². The van der Waals surface area contributed by atoms with Gasteiger partial charge in [0, 0.05) is 26.7 Å². The number of urea groups is 1. The average molecular weight is 268 g/mol. The maximum atomic E-state index is 12.0. The number of nitrogens with zero attached hydrogens (tertiary/aromatic N) is 1. The third-order valence-corrected chi connectivity index (χ3v) is 2.49. The zero-order valence-corrected chi connectivity index (χ0v) is 9.80. The molecule has 1 aliphatic rings. The Kier molecular flexibility index (Phi) is 4.76. The summed E-state index contributed by atoms with van der Waals surface area (Å²) in [6.45, 7) is -0.565. The van der Waals surface area contributed by atoms with Crippen LogP contribution in [0.4, 0.5) is 18.0 Å². The lowest BCUT2D eigenvalue weighted by molar-refractivity contribution is -0.126. The Labute approximate surface area is 102 Å². The van der Waals surface area contributed by atoms with Crippen LogP contribution in [0.3, 0.4) is 0 Å². The summed E-state index contributed by atoms with van der Waals surface area (Å²) < 4.78 is 35.9. The van der Waals surface area contributed by atoms with Crippen LogP contribution in [0.15, 0.2) is 0 Å². The number of hydrogen-bond donors (Lipinski definition) is 3. The van der Waals surface area contributed by atoms with Gasteiger partial charge in [0.15, 0.2) is 0 Å². The highest BCUT2D eigenvalue weighted by Crippen LogP contribution is 2.13. The number of carbonyl (C=O) groups is 2. The van der Waals surface area contributed by atoms with Crippen molar-refractivity contribution < 1.29 is 22.8 Å². The SMILES string of the molecule is CNC(=O)C1CNCCN1C(=O)NCC(F)(F)F. The molecule has 0 aliphatic carbocycles. The van der Waals surface area contributed by atoms with Crippen LogP contribution in [0.1, 0.15) is 0 Å².